The number of hydrogen-bond acceptors (Lipinski definition) is 4. The van der Waals surface area contributed by atoms with E-state index >= 15 is 0 Å². The summed E-state index contributed by atoms with van der Waals surface area (Å²) >= 11 is 0. The Hall–Kier alpha value is -2.38. The Morgan fingerprint density at radius 2 is 1.55 bits per heavy atom. The third-order valence-corrected chi connectivity index (χ3v) is 4.63. The first-order valence-corrected chi connectivity index (χ1v) is 8.16. The predicted octanol–water partition coefficient (Wildman–Crippen LogP) is 1.53. The number of anilines is 1. The number of carbonyl (C=O) groups excluding carboxylic acids is 1. The van der Waals surface area contributed by atoms with Gasteiger partial charge in [0.1, 0.15) is 0 Å². The van der Waals surface area contributed by atoms with Crippen molar-refractivity contribution >= 4 is 21.6 Å². The fraction of sp³-hybridized carbons (Fsp3) is 0.133. The molecule has 2 aromatic rings. The zero-order chi connectivity index (χ0) is 16.0. The minimum absolute atomic E-state index is 0.103. The number of para-hydroxylation sites is 1. The molecular weight excluding hydrogens is 304 g/mol. The molecule has 7 heteroatoms. The molecule has 1 amide bonds. The van der Waals surface area contributed by atoms with Crippen LogP contribution < -0.4 is 9.79 Å². The lowest BCUT2D eigenvalue weighted by Crippen LogP contribution is -2.38. The van der Waals surface area contributed by atoms with Gasteiger partial charge in [-0.2, -0.15) is 0 Å². The number of hydroxylamine groups is 1. The molecule has 0 unspecified atom stereocenters. The number of carbonyl (C=O) groups is 1. The molecule has 0 aliphatic rings. The minimum Gasteiger partial charge on any atom is -0.289 e. The molecule has 0 radical (unpaired) electrons. The summed E-state index contributed by atoms with van der Waals surface area (Å²) in [7, 11) is -3.92. The first-order valence-electron chi connectivity index (χ1n) is 6.55. The van der Waals surface area contributed by atoms with E-state index in [1.165, 1.54) is 5.48 Å². The van der Waals surface area contributed by atoms with Crippen LogP contribution in [0.5, 0.6) is 0 Å². The lowest BCUT2D eigenvalue weighted by molar-refractivity contribution is -0.126. The highest BCUT2D eigenvalue weighted by Crippen LogP contribution is 2.21. The van der Waals surface area contributed by atoms with Crippen LogP contribution in [0.4, 0.5) is 5.69 Å². The quantitative estimate of drug-likeness (QED) is 0.624. The van der Waals surface area contributed by atoms with Crippen molar-refractivity contribution in [1.29, 1.82) is 0 Å². The van der Waals surface area contributed by atoms with Crippen molar-refractivity contribution in [2.75, 3.05) is 10.1 Å². The van der Waals surface area contributed by atoms with Gasteiger partial charge in [0.2, 0.25) is 10.0 Å². The Labute approximate surface area is 129 Å². The second-order valence-electron chi connectivity index (χ2n) is 4.62. The van der Waals surface area contributed by atoms with E-state index in [9.17, 15) is 13.2 Å². The van der Waals surface area contributed by atoms with Crippen LogP contribution in [0.25, 0.3) is 0 Å². The Kier molecular flexibility index (Phi) is 5.13. The molecule has 0 heterocycles. The summed E-state index contributed by atoms with van der Waals surface area (Å²) in [4.78, 5) is 11.2. The van der Waals surface area contributed by atoms with Crippen molar-refractivity contribution in [3.05, 3.63) is 66.2 Å². The van der Waals surface area contributed by atoms with Gasteiger partial charge in [-0.1, -0.05) is 48.5 Å². The molecule has 0 saturated heterocycles. The maximum absolute atomic E-state index is 12.5. The van der Waals surface area contributed by atoms with Crippen molar-refractivity contribution in [1.82, 2.24) is 5.48 Å². The van der Waals surface area contributed by atoms with Gasteiger partial charge in [0.25, 0.3) is 5.91 Å². The Balaban J connectivity index is 2.36. The van der Waals surface area contributed by atoms with Gasteiger partial charge >= 0.3 is 0 Å². The van der Waals surface area contributed by atoms with E-state index in [2.05, 4.69) is 0 Å². The van der Waals surface area contributed by atoms with Crippen molar-refractivity contribution in [3.63, 3.8) is 0 Å². The summed E-state index contributed by atoms with van der Waals surface area (Å²) < 4.78 is 26.1. The van der Waals surface area contributed by atoms with Gasteiger partial charge in [-0.15, -0.1) is 0 Å². The van der Waals surface area contributed by atoms with Gasteiger partial charge in [-0.3, -0.25) is 14.3 Å². The number of hydrogen-bond donors (Lipinski definition) is 2. The number of nitrogens with one attached hydrogen (secondary N) is 1. The smallest absolute Gasteiger partial charge is 0.260 e. The first-order chi connectivity index (χ1) is 10.5. The van der Waals surface area contributed by atoms with Gasteiger partial charge in [0.15, 0.2) is 5.75 Å². The van der Waals surface area contributed by atoms with Crippen LogP contribution in [-0.2, 0) is 21.4 Å². The van der Waals surface area contributed by atoms with Crippen LogP contribution in [0.15, 0.2) is 60.7 Å². The Morgan fingerprint density at radius 1 is 1.00 bits per heavy atom. The van der Waals surface area contributed by atoms with Crippen LogP contribution in [0.2, 0.25) is 0 Å². The maximum atomic E-state index is 12.5. The van der Waals surface area contributed by atoms with E-state index in [0.717, 1.165) is 9.87 Å². The summed E-state index contributed by atoms with van der Waals surface area (Å²) in [5.41, 5.74) is 2.59. The summed E-state index contributed by atoms with van der Waals surface area (Å²) in [6, 6.07) is 17.6. The van der Waals surface area contributed by atoms with Crippen LogP contribution in [0.1, 0.15) is 5.56 Å². The van der Waals surface area contributed by atoms with Crippen LogP contribution >= 0.6 is 0 Å². The maximum Gasteiger partial charge on any atom is 0.260 e. The molecule has 6 nitrogen and oxygen atoms in total. The van der Waals surface area contributed by atoms with Crippen LogP contribution in [0, 0.1) is 0 Å². The molecule has 0 aliphatic carbocycles. The topological polar surface area (TPSA) is 86.7 Å². The highest BCUT2D eigenvalue weighted by atomic mass is 32.2. The molecule has 0 saturated carbocycles. The predicted molar refractivity (Wildman–Crippen MR) is 82.8 cm³/mol. The highest BCUT2D eigenvalue weighted by Gasteiger charge is 2.25. The molecule has 0 bridgehead atoms. The summed E-state index contributed by atoms with van der Waals surface area (Å²) in [5.74, 6) is -1.81. The van der Waals surface area contributed by atoms with Crippen molar-refractivity contribution in [2.45, 2.75) is 6.54 Å². The molecule has 22 heavy (non-hydrogen) atoms. The molecule has 0 fully saturated rings. The molecule has 2 rings (SSSR count). The van der Waals surface area contributed by atoms with Gasteiger partial charge in [0, 0.05) is 0 Å². The van der Waals surface area contributed by atoms with E-state index in [-0.39, 0.29) is 6.54 Å². The zero-order valence-corrected chi connectivity index (χ0v) is 12.5. The van der Waals surface area contributed by atoms with E-state index in [1.807, 2.05) is 18.2 Å². The van der Waals surface area contributed by atoms with Crippen LogP contribution in [-0.4, -0.2) is 25.3 Å². The molecule has 0 aliphatic heterocycles. The monoisotopic (exact) mass is 320 g/mol. The van der Waals surface area contributed by atoms with E-state index < -0.39 is 21.7 Å². The molecular formula is C15H16N2O4S. The third-order valence-electron chi connectivity index (χ3n) is 2.99. The van der Waals surface area contributed by atoms with E-state index in [0.29, 0.717) is 5.69 Å². The molecule has 0 spiro atoms. The minimum atomic E-state index is -3.92. The average Bonchev–Trinajstić information content (AvgIpc) is 2.53. The van der Waals surface area contributed by atoms with Gasteiger partial charge in [0.05, 0.1) is 12.2 Å². The van der Waals surface area contributed by atoms with E-state index in [4.69, 9.17) is 5.21 Å². The molecule has 0 atom stereocenters. The van der Waals surface area contributed by atoms with Crippen LogP contribution in [0.3, 0.4) is 0 Å². The first kappa shape index (κ1) is 16.0. The Morgan fingerprint density at radius 3 is 2.09 bits per heavy atom. The van der Waals surface area contributed by atoms with Gasteiger partial charge < -0.3 is 0 Å². The Bertz CT molecular complexity index is 718. The normalized spacial score (nSPS) is 11.0. The lowest BCUT2D eigenvalue weighted by Gasteiger charge is -2.24. The summed E-state index contributed by atoms with van der Waals surface area (Å²) in [5, 5.41) is 8.56. The van der Waals surface area contributed by atoms with Crippen molar-refractivity contribution in [2.24, 2.45) is 0 Å². The zero-order valence-electron chi connectivity index (χ0n) is 11.7. The molecule has 0 aromatic heterocycles. The number of benzene rings is 2. The molecule has 2 aromatic carbocycles. The van der Waals surface area contributed by atoms with E-state index in [1.54, 1.807) is 42.5 Å². The number of amides is 1. The average molecular weight is 320 g/mol. The second kappa shape index (κ2) is 7.06. The van der Waals surface area contributed by atoms with Crippen molar-refractivity contribution < 1.29 is 18.4 Å². The second-order valence-corrected chi connectivity index (χ2v) is 6.51. The van der Waals surface area contributed by atoms with Gasteiger partial charge in [-0.25, -0.2) is 13.9 Å². The largest absolute Gasteiger partial charge is 0.289 e. The standard InChI is InChI=1S/C15H16N2O4S/c18-15(16-19)12-22(20,21)17(14-9-5-2-6-10-14)11-13-7-3-1-4-8-13/h1-10,19H,11-12H2,(H,16,18). The summed E-state index contributed by atoms with van der Waals surface area (Å²) in [6.07, 6.45) is 0. The molecule has 2 N–H and O–H groups in total. The van der Waals surface area contributed by atoms with Gasteiger partial charge in [-0.05, 0) is 17.7 Å². The van der Waals surface area contributed by atoms with Crippen molar-refractivity contribution in [3.8, 4) is 0 Å². The number of rotatable bonds is 6. The third kappa shape index (κ3) is 4.06. The summed E-state index contributed by atoms with van der Waals surface area (Å²) in [6.45, 7) is 0.103. The number of nitrogens with zero attached hydrogens (tertiary/aromatic N) is 1. The molecule has 116 valence electrons. The SMILES string of the molecule is O=C(CS(=O)(=O)N(Cc1ccccc1)c1ccccc1)NO. The fourth-order valence-electron chi connectivity index (χ4n) is 1.97. The lowest BCUT2D eigenvalue weighted by atomic mass is 10.2. The number of sulfonamides is 1. The fourth-order valence-corrected chi connectivity index (χ4v) is 3.31. The highest BCUT2D eigenvalue weighted by molar-refractivity contribution is 7.93.